The first-order valence-corrected chi connectivity index (χ1v) is 10.8. The number of carboxylic acid groups (broad SMARTS) is 1. The number of aryl methyl sites for hydroxylation is 1. The lowest BCUT2D eigenvalue weighted by molar-refractivity contribution is -0.313. The van der Waals surface area contributed by atoms with E-state index in [2.05, 4.69) is 5.32 Å². The lowest BCUT2D eigenvalue weighted by Crippen LogP contribution is -2.42. The van der Waals surface area contributed by atoms with Crippen LogP contribution in [0.1, 0.15) is 53.4 Å². The number of allylic oxidation sites excluding steroid dienone is 2. The molecule has 150 valence electrons. The molecule has 0 aliphatic heterocycles. The SMILES string of the molecule is CCOC(=O)c1c(NC(=O)[C@@H]2[C@@H](C(=O)[O-])[C@H]3C=C[C@H]2C3)sc2c1CCCCC2. The highest BCUT2D eigenvalue weighted by Gasteiger charge is 2.49. The van der Waals surface area contributed by atoms with Crippen LogP contribution in [0.25, 0.3) is 0 Å². The molecule has 0 radical (unpaired) electrons. The van der Waals surface area contributed by atoms with Gasteiger partial charge in [-0.3, -0.25) is 4.79 Å². The second kappa shape index (κ2) is 7.70. The second-order valence-corrected chi connectivity index (χ2v) is 8.90. The van der Waals surface area contributed by atoms with Crippen molar-refractivity contribution in [1.29, 1.82) is 0 Å². The number of carbonyl (C=O) groups is 3. The zero-order valence-electron chi connectivity index (χ0n) is 15.9. The van der Waals surface area contributed by atoms with Gasteiger partial charge in [-0.15, -0.1) is 11.3 Å². The van der Waals surface area contributed by atoms with E-state index in [0.717, 1.165) is 42.5 Å². The predicted molar refractivity (Wildman–Crippen MR) is 103 cm³/mol. The van der Waals surface area contributed by atoms with Gasteiger partial charge in [0.15, 0.2) is 0 Å². The number of fused-ring (bicyclic) bond motifs is 3. The van der Waals surface area contributed by atoms with Gasteiger partial charge in [-0.25, -0.2) is 4.79 Å². The Hall–Kier alpha value is -2.15. The molecule has 0 saturated heterocycles. The lowest BCUT2D eigenvalue weighted by Gasteiger charge is -2.27. The molecular formula is C21H24NO5S-. The number of thiophene rings is 1. The fourth-order valence-corrected chi connectivity index (χ4v) is 6.23. The highest BCUT2D eigenvalue weighted by Crippen LogP contribution is 2.48. The summed E-state index contributed by atoms with van der Waals surface area (Å²) in [6.07, 6.45) is 9.37. The minimum Gasteiger partial charge on any atom is -0.550 e. The van der Waals surface area contributed by atoms with Gasteiger partial charge >= 0.3 is 5.97 Å². The molecule has 1 fully saturated rings. The van der Waals surface area contributed by atoms with E-state index in [1.807, 2.05) is 12.2 Å². The highest BCUT2D eigenvalue weighted by molar-refractivity contribution is 7.17. The van der Waals surface area contributed by atoms with E-state index in [9.17, 15) is 19.5 Å². The molecule has 1 heterocycles. The van der Waals surface area contributed by atoms with Gasteiger partial charge in [-0.2, -0.15) is 0 Å². The Balaban J connectivity index is 1.64. The minimum atomic E-state index is -1.18. The molecule has 0 spiro atoms. The molecule has 6 nitrogen and oxygen atoms in total. The zero-order chi connectivity index (χ0) is 19.8. The number of hydrogen-bond donors (Lipinski definition) is 1. The fraction of sp³-hybridized carbons (Fsp3) is 0.571. The maximum Gasteiger partial charge on any atom is 0.341 e. The predicted octanol–water partition coefficient (Wildman–Crippen LogP) is 2.32. The third kappa shape index (κ3) is 3.26. The summed E-state index contributed by atoms with van der Waals surface area (Å²) >= 11 is 1.43. The number of ether oxygens (including phenoxy) is 1. The van der Waals surface area contributed by atoms with Crippen LogP contribution >= 0.6 is 11.3 Å². The number of hydrogen-bond acceptors (Lipinski definition) is 6. The van der Waals surface area contributed by atoms with Crippen LogP contribution < -0.4 is 10.4 Å². The van der Waals surface area contributed by atoms with Gasteiger partial charge in [0.1, 0.15) is 5.00 Å². The molecular weight excluding hydrogens is 378 g/mol. The first-order chi connectivity index (χ1) is 13.5. The van der Waals surface area contributed by atoms with Crippen molar-refractivity contribution in [3.63, 3.8) is 0 Å². The Morgan fingerprint density at radius 2 is 1.86 bits per heavy atom. The number of aliphatic carboxylic acids is 1. The molecule has 0 aromatic carbocycles. The summed E-state index contributed by atoms with van der Waals surface area (Å²) in [6.45, 7) is 2.02. The quantitative estimate of drug-likeness (QED) is 0.463. The Bertz CT molecular complexity index is 842. The number of carbonyl (C=O) groups excluding carboxylic acids is 3. The molecule has 1 saturated carbocycles. The molecule has 28 heavy (non-hydrogen) atoms. The molecule has 2 bridgehead atoms. The maximum atomic E-state index is 13.1. The molecule has 4 rings (SSSR count). The van der Waals surface area contributed by atoms with Crippen LogP contribution in [0.3, 0.4) is 0 Å². The molecule has 3 aliphatic rings. The summed E-state index contributed by atoms with van der Waals surface area (Å²) < 4.78 is 5.25. The van der Waals surface area contributed by atoms with E-state index in [-0.39, 0.29) is 24.3 Å². The van der Waals surface area contributed by atoms with Crippen molar-refractivity contribution in [2.24, 2.45) is 23.7 Å². The van der Waals surface area contributed by atoms with Crippen molar-refractivity contribution in [3.05, 3.63) is 28.2 Å². The van der Waals surface area contributed by atoms with Crippen molar-refractivity contribution in [1.82, 2.24) is 0 Å². The Morgan fingerprint density at radius 1 is 1.14 bits per heavy atom. The number of anilines is 1. The summed E-state index contributed by atoms with van der Waals surface area (Å²) in [5, 5.41) is 15.0. The van der Waals surface area contributed by atoms with Crippen molar-refractivity contribution in [2.45, 2.75) is 45.4 Å². The van der Waals surface area contributed by atoms with Gasteiger partial charge in [0.25, 0.3) is 0 Å². The number of carboxylic acids is 1. The summed E-state index contributed by atoms with van der Waals surface area (Å²) in [4.78, 5) is 38.4. The monoisotopic (exact) mass is 402 g/mol. The molecule has 3 aliphatic carbocycles. The van der Waals surface area contributed by atoms with E-state index < -0.39 is 23.8 Å². The van der Waals surface area contributed by atoms with Crippen LogP contribution in [0.4, 0.5) is 5.00 Å². The average molecular weight is 402 g/mol. The van der Waals surface area contributed by atoms with Crippen LogP contribution in [0.5, 0.6) is 0 Å². The Kier molecular flexibility index (Phi) is 5.27. The van der Waals surface area contributed by atoms with Crippen LogP contribution in [0.15, 0.2) is 12.2 Å². The third-order valence-corrected chi connectivity index (χ3v) is 7.38. The maximum absolute atomic E-state index is 13.1. The molecule has 1 N–H and O–H groups in total. The second-order valence-electron chi connectivity index (χ2n) is 7.80. The molecule has 0 unspecified atom stereocenters. The van der Waals surface area contributed by atoms with Gasteiger partial charge in [-0.05, 0) is 56.4 Å². The number of esters is 1. The molecule has 4 atom stereocenters. The van der Waals surface area contributed by atoms with Crippen LogP contribution in [-0.2, 0) is 27.2 Å². The van der Waals surface area contributed by atoms with Gasteiger partial charge in [0.2, 0.25) is 5.91 Å². The largest absolute Gasteiger partial charge is 0.550 e. The number of amides is 1. The summed E-state index contributed by atoms with van der Waals surface area (Å²) in [5.41, 5.74) is 1.45. The van der Waals surface area contributed by atoms with Gasteiger partial charge in [0.05, 0.1) is 18.1 Å². The van der Waals surface area contributed by atoms with Gasteiger partial charge < -0.3 is 20.0 Å². The van der Waals surface area contributed by atoms with Crippen molar-refractivity contribution >= 4 is 34.2 Å². The van der Waals surface area contributed by atoms with E-state index in [1.54, 1.807) is 6.92 Å². The molecule has 7 heteroatoms. The van der Waals surface area contributed by atoms with Gasteiger partial charge in [0, 0.05) is 16.8 Å². The summed E-state index contributed by atoms with van der Waals surface area (Å²) in [7, 11) is 0. The van der Waals surface area contributed by atoms with Gasteiger partial charge in [-0.1, -0.05) is 18.6 Å². The summed E-state index contributed by atoms with van der Waals surface area (Å²) in [5.74, 6) is -3.62. The normalized spacial score (nSPS) is 27.9. The Morgan fingerprint density at radius 3 is 2.57 bits per heavy atom. The minimum absolute atomic E-state index is 0.0864. The third-order valence-electron chi connectivity index (χ3n) is 6.17. The van der Waals surface area contributed by atoms with E-state index in [0.29, 0.717) is 17.0 Å². The molecule has 1 amide bonds. The van der Waals surface area contributed by atoms with E-state index in [1.165, 1.54) is 11.3 Å². The standard InChI is InChI=1S/C21H25NO5S/c1-2-27-21(26)17-13-6-4-3-5-7-14(13)28-19(17)22-18(23)15-11-8-9-12(10-11)16(15)20(24)25/h8-9,11-12,15-16H,2-7,10H2,1H3,(H,22,23)(H,24,25)/p-1/t11-,12-,15-,16-/m0/s1. The first-order valence-electron chi connectivity index (χ1n) is 10.0. The molecule has 1 aromatic rings. The highest BCUT2D eigenvalue weighted by atomic mass is 32.1. The number of rotatable bonds is 5. The van der Waals surface area contributed by atoms with Crippen molar-refractivity contribution < 1.29 is 24.2 Å². The lowest BCUT2D eigenvalue weighted by atomic mass is 9.82. The average Bonchev–Trinajstić information content (AvgIpc) is 3.31. The van der Waals surface area contributed by atoms with Crippen molar-refractivity contribution in [3.8, 4) is 0 Å². The zero-order valence-corrected chi connectivity index (χ0v) is 16.7. The Labute approximate surface area is 168 Å². The van der Waals surface area contributed by atoms with E-state index >= 15 is 0 Å². The van der Waals surface area contributed by atoms with Crippen LogP contribution in [0, 0.1) is 23.7 Å². The fourth-order valence-electron chi connectivity index (χ4n) is 4.95. The van der Waals surface area contributed by atoms with Crippen LogP contribution in [0.2, 0.25) is 0 Å². The smallest absolute Gasteiger partial charge is 0.341 e. The number of nitrogens with one attached hydrogen (secondary N) is 1. The summed E-state index contributed by atoms with van der Waals surface area (Å²) in [6, 6.07) is 0. The van der Waals surface area contributed by atoms with Crippen LogP contribution in [-0.4, -0.2) is 24.5 Å². The molecule has 1 aromatic heterocycles. The van der Waals surface area contributed by atoms with E-state index in [4.69, 9.17) is 4.74 Å². The first kappa shape index (κ1) is 19.2. The topological polar surface area (TPSA) is 95.5 Å². The van der Waals surface area contributed by atoms with Crippen molar-refractivity contribution in [2.75, 3.05) is 11.9 Å².